The molecule has 106 valence electrons. The van der Waals surface area contributed by atoms with Crippen LogP contribution in [0, 0.1) is 6.92 Å². The van der Waals surface area contributed by atoms with E-state index in [1.165, 1.54) is 16.7 Å². The molecule has 0 amide bonds. The Kier molecular flexibility index (Phi) is 4.80. The predicted octanol–water partition coefficient (Wildman–Crippen LogP) is 4.02. The molecule has 0 aliphatic carbocycles. The Labute approximate surface area is 121 Å². The third-order valence-corrected chi connectivity index (χ3v) is 3.33. The summed E-state index contributed by atoms with van der Waals surface area (Å²) in [5.74, 6) is 0.934. The zero-order valence-corrected chi connectivity index (χ0v) is 12.5. The van der Waals surface area contributed by atoms with Crippen LogP contribution >= 0.6 is 0 Å². The maximum atomic E-state index is 6.13. The van der Waals surface area contributed by atoms with Gasteiger partial charge in [0.2, 0.25) is 0 Å². The van der Waals surface area contributed by atoms with Gasteiger partial charge in [-0.25, -0.2) is 0 Å². The van der Waals surface area contributed by atoms with Crippen LogP contribution in [0.3, 0.4) is 0 Å². The van der Waals surface area contributed by atoms with E-state index in [-0.39, 0.29) is 12.1 Å². The maximum absolute atomic E-state index is 6.13. The van der Waals surface area contributed by atoms with Crippen molar-refractivity contribution in [3.63, 3.8) is 0 Å². The number of benzene rings is 2. The summed E-state index contributed by atoms with van der Waals surface area (Å²) in [6.45, 7) is 6.19. The molecule has 2 nitrogen and oxygen atoms in total. The maximum Gasteiger partial charge on any atom is 0.123 e. The van der Waals surface area contributed by atoms with E-state index in [2.05, 4.69) is 38.1 Å². The molecule has 0 fully saturated rings. The second-order valence-corrected chi connectivity index (χ2v) is 5.46. The summed E-state index contributed by atoms with van der Waals surface area (Å²) >= 11 is 0. The highest BCUT2D eigenvalue weighted by molar-refractivity contribution is 5.38. The smallest absolute Gasteiger partial charge is 0.123 e. The van der Waals surface area contributed by atoms with E-state index in [0.29, 0.717) is 0 Å². The Bertz CT molecular complexity index is 549. The van der Waals surface area contributed by atoms with E-state index in [9.17, 15) is 0 Å². The van der Waals surface area contributed by atoms with E-state index in [0.717, 1.165) is 12.2 Å². The zero-order valence-electron chi connectivity index (χ0n) is 12.5. The van der Waals surface area contributed by atoms with Gasteiger partial charge in [-0.05, 0) is 44.4 Å². The predicted molar refractivity (Wildman–Crippen MR) is 84.0 cm³/mol. The molecule has 0 saturated heterocycles. The monoisotopic (exact) mass is 269 g/mol. The van der Waals surface area contributed by atoms with Crippen LogP contribution in [0.1, 0.15) is 36.6 Å². The van der Waals surface area contributed by atoms with Gasteiger partial charge in [0.05, 0.1) is 0 Å². The van der Waals surface area contributed by atoms with E-state index < -0.39 is 0 Å². The van der Waals surface area contributed by atoms with Gasteiger partial charge >= 0.3 is 0 Å². The average Bonchev–Trinajstić information content (AvgIpc) is 2.42. The van der Waals surface area contributed by atoms with Gasteiger partial charge in [-0.2, -0.15) is 0 Å². The van der Waals surface area contributed by atoms with Crippen molar-refractivity contribution in [1.82, 2.24) is 0 Å². The minimum Gasteiger partial charge on any atom is -0.486 e. The van der Waals surface area contributed by atoms with Crippen LogP contribution in [0.4, 0.5) is 0 Å². The average molecular weight is 269 g/mol. The Balaban J connectivity index is 2.20. The van der Waals surface area contributed by atoms with Crippen LogP contribution in [0.5, 0.6) is 5.75 Å². The van der Waals surface area contributed by atoms with Gasteiger partial charge in [-0.3, -0.25) is 0 Å². The van der Waals surface area contributed by atoms with Crippen LogP contribution in [-0.4, -0.2) is 6.04 Å². The molecule has 0 saturated carbocycles. The van der Waals surface area contributed by atoms with Crippen LogP contribution in [-0.2, 0) is 6.42 Å². The van der Waals surface area contributed by atoms with Crippen molar-refractivity contribution < 1.29 is 4.74 Å². The fraction of sp³-hybridized carbons (Fsp3) is 0.333. The van der Waals surface area contributed by atoms with Gasteiger partial charge in [0.1, 0.15) is 11.9 Å². The van der Waals surface area contributed by atoms with Gasteiger partial charge in [-0.15, -0.1) is 0 Å². The number of ether oxygens (including phenoxy) is 1. The van der Waals surface area contributed by atoms with Gasteiger partial charge < -0.3 is 10.5 Å². The number of hydrogen-bond donors (Lipinski definition) is 1. The van der Waals surface area contributed by atoms with E-state index in [4.69, 9.17) is 10.5 Å². The van der Waals surface area contributed by atoms with E-state index in [1.54, 1.807) is 0 Å². The quantitative estimate of drug-likeness (QED) is 0.889. The Hall–Kier alpha value is -1.80. The minimum absolute atomic E-state index is 0.0331. The fourth-order valence-electron chi connectivity index (χ4n) is 2.31. The molecule has 0 bridgehead atoms. The van der Waals surface area contributed by atoms with Crippen molar-refractivity contribution in [3.05, 3.63) is 65.2 Å². The number of aryl methyl sites for hydroxylation is 1. The van der Waals surface area contributed by atoms with Crippen molar-refractivity contribution in [2.45, 2.75) is 39.3 Å². The molecule has 2 aromatic carbocycles. The van der Waals surface area contributed by atoms with Gasteiger partial charge in [0.15, 0.2) is 0 Å². The molecular formula is C18H23NO. The van der Waals surface area contributed by atoms with Crippen molar-refractivity contribution in [3.8, 4) is 5.75 Å². The summed E-state index contributed by atoms with van der Waals surface area (Å²) in [4.78, 5) is 0. The van der Waals surface area contributed by atoms with Crippen molar-refractivity contribution in [2.75, 3.05) is 0 Å². The Morgan fingerprint density at radius 3 is 2.40 bits per heavy atom. The van der Waals surface area contributed by atoms with Crippen LogP contribution in [0.2, 0.25) is 0 Å². The molecule has 2 heteroatoms. The molecule has 0 aliphatic heterocycles. The highest BCUT2D eigenvalue weighted by Crippen LogP contribution is 2.27. The van der Waals surface area contributed by atoms with Gasteiger partial charge in [0, 0.05) is 6.04 Å². The standard InChI is InChI=1S/C18H23NO/c1-13-9-10-18(17(11-13)12-14(2)19)20-15(3)16-7-5-4-6-8-16/h4-11,14-15H,12,19H2,1-3H3. The lowest BCUT2D eigenvalue weighted by molar-refractivity contribution is 0.224. The van der Waals surface area contributed by atoms with Gasteiger partial charge in [0.25, 0.3) is 0 Å². The third-order valence-electron chi connectivity index (χ3n) is 3.33. The van der Waals surface area contributed by atoms with Crippen LogP contribution in [0.15, 0.2) is 48.5 Å². The molecule has 0 aromatic heterocycles. The second kappa shape index (κ2) is 6.58. The van der Waals surface area contributed by atoms with E-state index in [1.807, 2.05) is 31.2 Å². The molecule has 2 atom stereocenters. The number of nitrogens with two attached hydrogens (primary N) is 1. The molecule has 0 heterocycles. The Morgan fingerprint density at radius 2 is 1.75 bits per heavy atom. The fourth-order valence-corrected chi connectivity index (χ4v) is 2.31. The number of hydrogen-bond acceptors (Lipinski definition) is 2. The van der Waals surface area contributed by atoms with Crippen LogP contribution < -0.4 is 10.5 Å². The first kappa shape index (κ1) is 14.6. The lowest BCUT2D eigenvalue weighted by atomic mass is 10.0. The lowest BCUT2D eigenvalue weighted by Crippen LogP contribution is -2.18. The highest BCUT2D eigenvalue weighted by atomic mass is 16.5. The largest absolute Gasteiger partial charge is 0.486 e. The third kappa shape index (κ3) is 3.84. The van der Waals surface area contributed by atoms with Crippen LogP contribution in [0.25, 0.3) is 0 Å². The number of rotatable bonds is 5. The summed E-state index contributed by atoms with van der Waals surface area (Å²) in [6, 6.07) is 16.7. The zero-order chi connectivity index (χ0) is 14.5. The first-order chi connectivity index (χ1) is 9.56. The molecule has 2 rings (SSSR count). The van der Waals surface area contributed by atoms with Gasteiger partial charge in [-0.1, -0.05) is 48.0 Å². The molecule has 0 radical (unpaired) electrons. The first-order valence-electron chi connectivity index (χ1n) is 7.13. The molecule has 2 unspecified atom stereocenters. The highest BCUT2D eigenvalue weighted by Gasteiger charge is 2.11. The first-order valence-corrected chi connectivity index (χ1v) is 7.13. The SMILES string of the molecule is Cc1ccc(OC(C)c2ccccc2)c(CC(C)N)c1. The molecule has 0 aliphatic rings. The summed E-state index contributed by atoms with van der Waals surface area (Å²) in [5.41, 5.74) is 9.53. The molecular weight excluding hydrogens is 246 g/mol. The molecule has 0 spiro atoms. The van der Waals surface area contributed by atoms with E-state index >= 15 is 0 Å². The normalized spacial score (nSPS) is 13.8. The summed E-state index contributed by atoms with van der Waals surface area (Å²) in [6.07, 6.45) is 0.865. The second-order valence-electron chi connectivity index (χ2n) is 5.46. The minimum atomic E-state index is 0.0331. The van der Waals surface area contributed by atoms with Crippen molar-refractivity contribution in [1.29, 1.82) is 0 Å². The lowest BCUT2D eigenvalue weighted by Gasteiger charge is -2.19. The summed E-state index contributed by atoms with van der Waals surface area (Å²) in [5, 5.41) is 0. The summed E-state index contributed by atoms with van der Waals surface area (Å²) < 4.78 is 6.13. The van der Waals surface area contributed by atoms with Crippen molar-refractivity contribution >= 4 is 0 Å². The topological polar surface area (TPSA) is 35.2 Å². The van der Waals surface area contributed by atoms with Crippen molar-refractivity contribution in [2.24, 2.45) is 5.73 Å². The molecule has 2 aromatic rings. The Morgan fingerprint density at radius 1 is 1.05 bits per heavy atom. The molecule has 2 N–H and O–H groups in total. The summed E-state index contributed by atoms with van der Waals surface area (Å²) in [7, 11) is 0. The molecule has 20 heavy (non-hydrogen) atoms.